The van der Waals surface area contributed by atoms with E-state index in [0.29, 0.717) is 17.1 Å². The molecule has 2 N–H and O–H groups in total. The van der Waals surface area contributed by atoms with Gasteiger partial charge in [0.15, 0.2) is 5.11 Å². The summed E-state index contributed by atoms with van der Waals surface area (Å²) >= 11 is 5.37. The zero-order valence-corrected chi connectivity index (χ0v) is 14.7. The Kier molecular flexibility index (Phi) is 6.65. The molecule has 0 amide bonds. The fraction of sp³-hybridized carbons (Fsp3) is 0.611. The van der Waals surface area contributed by atoms with Crippen LogP contribution in [0.4, 0.5) is 0 Å². The van der Waals surface area contributed by atoms with Crippen molar-refractivity contribution in [2.75, 3.05) is 13.2 Å². The van der Waals surface area contributed by atoms with Crippen LogP contribution in [0.25, 0.3) is 0 Å². The Balaban J connectivity index is 1.80. The Bertz CT molecular complexity index is 468. The number of nitrogens with one attached hydrogen (secondary N) is 2. The fourth-order valence-corrected chi connectivity index (χ4v) is 2.95. The van der Waals surface area contributed by atoms with Crippen LogP contribution in [0.3, 0.4) is 0 Å². The summed E-state index contributed by atoms with van der Waals surface area (Å²) < 4.78 is 5.59. The predicted molar refractivity (Wildman–Crippen MR) is 96.3 cm³/mol. The van der Waals surface area contributed by atoms with Gasteiger partial charge >= 0.3 is 0 Å². The quantitative estimate of drug-likeness (QED) is 0.779. The molecule has 1 aliphatic rings. The second-order valence-corrected chi connectivity index (χ2v) is 6.60. The highest BCUT2D eigenvalue weighted by Crippen LogP contribution is 2.21. The van der Waals surface area contributed by atoms with Crippen molar-refractivity contribution in [2.45, 2.75) is 58.1 Å². The molecule has 1 heterocycles. The van der Waals surface area contributed by atoms with E-state index in [4.69, 9.17) is 17.0 Å². The van der Waals surface area contributed by atoms with Crippen molar-refractivity contribution in [1.29, 1.82) is 0 Å². The topological polar surface area (TPSA) is 33.3 Å². The number of ether oxygens (including phenoxy) is 1. The van der Waals surface area contributed by atoms with Crippen molar-refractivity contribution >= 4 is 17.3 Å². The van der Waals surface area contributed by atoms with Gasteiger partial charge in [0.2, 0.25) is 0 Å². The van der Waals surface area contributed by atoms with E-state index in [1.54, 1.807) is 0 Å². The molecule has 0 aromatic heterocycles. The normalized spacial score (nSPS) is 20.4. The molecular formula is C18H28N2OS. The maximum Gasteiger partial charge on any atom is 0.166 e. The molecule has 2 rings (SSSR count). The van der Waals surface area contributed by atoms with Gasteiger partial charge < -0.3 is 15.4 Å². The summed E-state index contributed by atoms with van der Waals surface area (Å²) in [4.78, 5) is 0. The second-order valence-electron chi connectivity index (χ2n) is 6.19. The van der Waals surface area contributed by atoms with E-state index in [1.165, 1.54) is 17.5 Å². The molecule has 3 atom stereocenters. The van der Waals surface area contributed by atoms with Crippen LogP contribution in [0.5, 0.6) is 0 Å². The molecule has 3 nitrogen and oxygen atoms in total. The van der Waals surface area contributed by atoms with Gasteiger partial charge in [-0.2, -0.15) is 0 Å². The van der Waals surface area contributed by atoms with Crippen LogP contribution in [0.1, 0.15) is 63.1 Å². The van der Waals surface area contributed by atoms with E-state index in [9.17, 15) is 0 Å². The minimum Gasteiger partial charge on any atom is -0.376 e. The highest BCUT2D eigenvalue weighted by Gasteiger charge is 2.16. The summed E-state index contributed by atoms with van der Waals surface area (Å²) in [6.45, 7) is 8.30. The summed E-state index contributed by atoms with van der Waals surface area (Å²) in [5.74, 6) is 0.617. The van der Waals surface area contributed by atoms with Gasteiger partial charge in [-0.3, -0.25) is 0 Å². The van der Waals surface area contributed by atoms with Gasteiger partial charge in [0.1, 0.15) is 0 Å². The highest BCUT2D eigenvalue weighted by molar-refractivity contribution is 7.80. The van der Waals surface area contributed by atoms with Crippen molar-refractivity contribution < 1.29 is 4.74 Å². The molecule has 3 unspecified atom stereocenters. The van der Waals surface area contributed by atoms with Crippen molar-refractivity contribution in [3.63, 3.8) is 0 Å². The van der Waals surface area contributed by atoms with E-state index < -0.39 is 0 Å². The molecule has 0 bridgehead atoms. The Labute approximate surface area is 139 Å². The predicted octanol–water partition coefficient (Wildman–Crippen LogP) is 3.90. The average molecular weight is 321 g/mol. The first-order chi connectivity index (χ1) is 10.6. The fourth-order valence-electron chi connectivity index (χ4n) is 2.69. The molecule has 0 spiro atoms. The van der Waals surface area contributed by atoms with Crippen molar-refractivity contribution in [2.24, 2.45) is 0 Å². The third-order valence-electron chi connectivity index (χ3n) is 4.48. The SMILES string of the molecule is CCC(C)c1ccc(C(C)NC(=S)NCC2CCCO2)cc1. The van der Waals surface area contributed by atoms with Gasteiger partial charge in [0.05, 0.1) is 12.1 Å². The Morgan fingerprint density at radius 2 is 1.95 bits per heavy atom. The Morgan fingerprint density at radius 3 is 2.55 bits per heavy atom. The van der Waals surface area contributed by atoms with Crippen molar-refractivity contribution in [3.8, 4) is 0 Å². The number of hydrogen-bond acceptors (Lipinski definition) is 2. The zero-order valence-electron chi connectivity index (χ0n) is 13.9. The number of rotatable bonds is 6. The third-order valence-corrected chi connectivity index (χ3v) is 4.74. The summed E-state index contributed by atoms with van der Waals surface area (Å²) in [5, 5.41) is 7.31. The van der Waals surface area contributed by atoms with Crippen molar-refractivity contribution in [3.05, 3.63) is 35.4 Å². The van der Waals surface area contributed by atoms with Gasteiger partial charge in [-0.1, -0.05) is 38.1 Å². The highest BCUT2D eigenvalue weighted by atomic mass is 32.1. The first-order valence-electron chi connectivity index (χ1n) is 8.36. The molecule has 0 aliphatic carbocycles. The number of benzene rings is 1. The summed E-state index contributed by atoms with van der Waals surface area (Å²) in [6, 6.07) is 9.05. The summed E-state index contributed by atoms with van der Waals surface area (Å²) in [6.07, 6.45) is 3.77. The molecule has 22 heavy (non-hydrogen) atoms. The monoisotopic (exact) mass is 320 g/mol. The largest absolute Gasteiger partial charge is 0.376 e. The molecule has 122 valence electrons. The van der Waals surface area contributed by atoms with Crippen LogP contribution in [-0.4, -0.2) is 24.4 Å². The van der Waals surface area contributed by atoms with Crippen LogP contribution in [0.15, 0.2) is 24.3 Å². The smallest absolute Gasteiger partial charge is 0.166 e. The first kappa shape index (κ1) is 17.2. The maximum atomic E-state index is 5.59. The van der Waals surface area contributed by atoms with Gasteiger partial charge in [-0.05, 0) is 55.4 Å². The molecule has 1 aliphatic heterocycles. The van der Waals surface area contributed by atoms with Crippen LogP contribution in [0, 0.1) is 0 Å². The van der Waals surface area contributed by atoms with Gasteiger partial charge in [-0.15, -0.1) is 0 Å². The summed E-state index contributed by atoms with van der Waals surface area (Å²) in [5.41, 5.74) is 2.66. The molecule has 0 saturated carbocycles. The minimum absolute atomic E-state index is 0.204. The molecule has 1 fully saturated rings. The van der Waals surface area contributed by atoms with Crippen LogP contribution >= 0.6 is 12.2 Å². The molecule has 1 aromatic carbocycles. The lowest BCUT2D eigenvalue weighted by Gasteiger charge is -2.19. The number of hydrogen-bond donors (Lipinski definition) is 2. The lowest BCUT2D eigenvalue weighted by atomic mass is 9.96. The molecule has 4 heteroatoms. The van der Waals surface area contributed by atoms with Crippen molar-refractivity contribution in [1.82, 2.24) is 10.6 Å². The average Bonchev–Trinajstić information content (AvgIpc) is 3.05. The van der Waals surface area contributed by atoms with E-state index in [-0.39, 0.29) is 6.04 Å². The van der Waals surface area contributed by atoms with Gasteiger partial charge in [0.25, 0.3) is 0 Å². The van der Waals surface area contributed by atoms with E-state index >= 15 is 0 Å². The lowest BCUT2D eigenvalue weighted by molar-refractivity contribution is 0.114. The minimum atomic E-state index is 0.204. The number of thiocarbonyl (C=S) groups is 1. The summed E-state index contributed by atoms with van der Waals surface area (Å²) in [7, 11) is 0. The Hall–Kier alpha value is -1.13. The molecule has 1 saturated heterocycles. The molecule has 0 radical (unpaired) electrons. The van der Waals surface area contributed by atoms with Crippen LogP contribution < -0.4 is 10.6 Å². The first-order valence-corrected chi connectivity index (χ1v) is 8.76. The van der Waals surface area contributed by atoms with Crippen LogP contribution in [0.2, 0.25) is 0 Å². The third kappa shape index (κ3) is 4.96. The maximum absolute atomic E-state index is 5.59. The zero-order chi connectivity index (χ0) is 15.9. The lowest BCUT2D eigenvalue weighted by Crippen LogP contribution is -2.40. The van der Waals surface area contributed by atoms with Gasteiger partial charge in [-0.25, -0.2) is 0 Å². The van der Waals surface area contributed by atoms with Crippen LogP contribution in [-0.2, 0) is 4.74 Å². The van der Waals surface area contributed by atoms with E-state index in [2.05, 4.69) is 55.7 Å². The van der Waals surface area contributed by atoms with E-state index in [1.807, 2.05) is 0 Å². The standard InChI is InChI=1S/C18H28N2OS/c1-4-13(2)15-7-9-16(10-8-15)14(3)20-18(22)19-12-17-6-5-11-21-17/h7-10,13-14,17H,4-6,11-12H2,1-3H3,(H2,19,20,22). The Morgan fingerprint density at radius 1 is 1.27 bits per heavy atom. The molecule has 1 aromatic rings. The second kappa shape index (κ2) is 8.49. The molecular weight excluding hydrogens is 292 g/mol. The van der Waals surface area contributed by atoms with Gasteiger partial charge in [0, 0.05) is 13.2 Å². The van der Waals surface area contributed by atoms with E-state index in [0.717, 1.165) is 26.0 Å².